The van der Waals surface area contributed by atoms with Gasteiger partial charge in [0.05, 0.1) is 5.69 Å². The molecule has 0 saturated carbocycles. The first-order valence-corrected chi connectivity index (χ1v) is 5.44. The molecule has 2 heterocycles. The summed E-state index contributed by atoms with van der Waals surface area (Å²) in [4.78, 5) is 4.69. The van der Waals surface area contributed by atoms with Gasteiger partial charge in [-0.15, -0.1) is 0 Å². The van der Waals surface area contributed by atoms with E-state index in [1.165, 1.54) is 17.0 Å². The van der Waals surface area contributed by atoms with Crippen LogP contribution in [-0.4, -0.2) is 11.5 Å². The lowest BCUT2D eigenvalue weighted by molar-refractivity contribution is 0.603. The highest BCUT2D eigenvalue weighted by Crippen LogP contribution is 2.14. The molecule has 2 heteroatoms. The molecule has 0 aromatic carbocycles. The third-order valence-corrected chi connectivity index (χ3v) is 2.61. The fourth-order valence-corrected chi connectivity index (χ4v) is 1.92. The molecule has 1 aromatic rings. The SMILES string of the molecule is CC(C)Cc1ccc2c(n1)CNCC2. The van der Waals surface area contributed by atoms with Gasteiger partial charge in [-0.1, -0.05) is 19.9 Å². The molecule has 2 rings (SSSR count). The minimum Gasteiger partial charge on any atom is -0.311 e. The van der Waals surface area contributed by atoms with E-state index in [1.54, 1.807) is 0 Å². The minimum atomic E-state index is 0.692. The molecule has 0 unspecified atom stereocenters. The highest BCUT2D eigenvalue weighted by atomic mass is 14.9. The van der Waals surface area contributed by atoms with Crippen LogP contribution in [0.25, 0.3) is 0 Å². The molecule has 0 bridgehead atoms. The first kappa shape index (κ1) is 9.66. The Morgan fingerprint density at radius 1 is 1.43 bits per heavy atom. The summed E-state index contributed by atoms with van der Waals surface area (Å²) in [6, 6.07) is 4.44. The van der Waals surface area contributed by atoms with Crippen molar-refractivity contribution in [2.75, 3.05) is 6.54 Å². The number of fused-ring (bicyclic) bond motifs is 1. The van der Waals surface area contributed by atoms with E-state index in [4.69, 9.17) is 4.98 Å². The Bertz CT molecular complexity index is 318. The normalized spacial score (nSPS) is 15.6. The van der Waals surface area contributed by atoms with Crippen LogP contribution < -0.4 is 5.32 Å². The molecule has 1 aliphatic heterocycles. The van der Waals surface area contributed by atoms with Crippen molar-refractivity contribution < 1.29 is 0 Å². The third-order valence-electron chi connectivity index (χ3n) is 2.61. The molecule has 2 nitrogen and oxygen atoms in total. The van der Waals surface area contributed by atoms with Crippen molar-refractivity contribution in [2.45, 2.75) is 33.2 Å². The van der Waals surface area contributed by atoms with Crippen LogP contribution in [0.5, 0.6) is 0 Å². The first-order valence-electron chi connectivity index (χ1n) is 5.44. The van der Waals surface area contributed by atoms with Gasteiger partial charge in [-0.05, 0) is 36.9 Å². The number of hydrogen-bond acceptors (Lipinski definition) is 2. The molecule has 0 saturated heterocycles. The number of nitrogens with zero attached hydrogens (tertiary/aromatic N) is 1. The third kappa shape index (κ3) is 2.13. The van der Waals surface area contributed by atoms with Gasteiger partial charge in [-0.2, -0.15) is 0 Å². The fourth-order valence-electron chi connectivity index (χ4n) is 1.92. The number of aromatic nitrogens is 1. The topological polar surface area (TPSA) is 24.9 Å². The Balaban J connectivity index is 2.20. The van der Waals surface area contributed by atoms with E-state index < -0.39 is 0 Å². The zero-order valence-electron chi connectivity index (χ0n) is 9.01. The van der Waals surface area contributed by atoms with Crippen molar-refractivity contribution in [2.24, 2.45) is 5.92 Å². The lowest BCUT2D eigenvalue weighted by Gasteiger charge is -2.17. The van der Waals surface area contributed by atoms with E-state index in [0.717, 1.165) is 25.9 Å². The fraction of sp³-hybridized carbons (Fsp3) is 0.583. The van der Waals surface area contributed by atoms with Crippen LogP contribution in [0.4, 0.5) is 0 Å². The molecule has 0 amide bonds. The Labute approximate surface area is 85.7 Å². The van der Waals surface area contributed by atoms with Gasteiger partial charge < -0.3 is 5.32 Å². The Morgan fingerprint density at radius 3 is 3.07 bits per heavy atom. The van der Waals surface area contributed by atoms with Crippen LogP contribution in [-0.2, 0) is 19.4 Å². The molecule has 1 aliphatic rings. The van der Waals surface area contributed by atoms with Crippen molar-refractivity contribution in [1.82, 2.24) is 10.3 Å². The molecule has 14 heavy (non-hydrogen) atoms. The molecule has 1 aromatic heterocycles. The summed E-state index contributed by atoms with van der Waals surface area (Å²) in [6.07, 6.45) is 2.22. The number of nitrogens with one attached hydrogen (secondary N) is 1. The summed E-state index contributed by atoms with van der Waals surface area (Å²) >= 11 is 0. The standard InChI is InChI=1S/C12H18N2/c1-9(2)7-11-4-3-10-5-6-13-8-12(10)14-11/h3-4,9,13H,5-8H2,1-2H3. The molecular formula is C12H18N2. The number of hydrogen-bond donors (Lipinski definition) is 1. The van der Waals surface area contributed by atoms with Gasteiger partial charge in [0.2, 0.25) is 0 Å². The predicted octanol–water partition coefficient (Wildman–Crippen LogP) is 1.93. The van der Waals surface area contributed by atoms with E-state index in [2.05, 4.69) is 31.3 Å². The lowest BCUT2D eigenvalue weighted by atomic mass is 10.0. The molecule has 0 spiro atoms. The molecule has 0 atom stereocenters. The van der Waals surface area contributed by atoms with E-state index in [-0.39, 0.29) is 0 Å². The van der Waals surface area contributed by atoms with Crippen molar-refractivity contribution in [1.29, 1.82) is 0 Å². The first-order chi connectivity index (χ1) is 6.75. The van der Waals surface area contributed by atoms with Crippen molar-refractivity contribution in [3.8, 4) is 0 Å². The average molecular weight is 190 g/mol. The van der Waals surface area contributed by atoms with Crippen molar-refractivity contribution in [3.05, 3.63) is 29.1 Å². The van der Waals surface area contributed by atoms with Crippen LogP contribution >= 0.6 is 0 Å². The maximum absolute atomic E-state index is 4.69. The average Bonchev–Trinajstić information content (AvgIpc) is 2.17. The van der Waals surface area contributed by atoms with Crippen LogP contribution in [0.3, 0.4) is 0 Å². The largest absolute Gasteiger partial charge is 0.311 e. The van der Waals surface area contributed by atoms with E-state index in [0.29, 0.717) is 5.92 Å². The summed E-state index contributed by atoms with van der Waals surface area (Å²) in [5, 5.41) is 3.36. The Kier molecular flexibility index (Phi) is 2.82. The summed E-state index contributed by atoms with van der Waals surface area (Å²) in [6.45, 7) is 6.51. The second kappa shape index (κ2) is 4.09. The van der Waals surface area contributed by atoms with Gasteiger partial charge >= 0.3 is 0 Å². The summed E-state index contributed by atoms with van der Waals surface area (Å²) in [5.74, 6) is 0.692. The predicted molar refractivity (Wildman–Crippen MR) is 58.2 cm³/mol. The van der Waals surface area contributed by atoms with Crippen LogP contribution in [0.15, 0.2) is 12.1 Å². The maximum atomic E-state index is 4.69. The lowest BCUT2D eigenvalue weighted by Crippen LogP contribution is -2.25. The molecule has 0 fully saturated rings. The second-order valence-electron chi connectivity index (χ2n) is 4.43. The van der Waals surface area contributed by atoms with Crippen LogP contribution in [0.2, 0.25) is 0 Å². The molecule has 0 aliphatic carbocycles. The van der Waals surface area contributed by atoms with E-state index in [1.807, 2.05) is 0 Å². The Morgan fingerprint density at radius 2 is 2.29 bits per heavy atom. The number of pyridine rings is 1. The van der Waals surface area contributed by atoms with Gasteiger partial charge in [-0.25, -0.2) is 0 Å². The monoisotopic (exact) mass is 190 g/mol. The number of rotatable bonds is 2. The highest BCUT2D eigenvalue weighted by Gasteiger charge is 2.10. The summed E-state index contributed by atoms with van der Waals surface area (Å²) in [5.41, 5.74) is 3.92. The quantitative estimate of drug-likeness (QED) is 0.770. The van der Waals surface area contributed by atoms with Crippen molar-refractivity contribution in [3.63, 3.8) is 0 Å². The molecule has 0 radical (unpaired) electrons. The Hall–Kier alpha value is -0.890. The molecule has 76 valence electrons. The van der Waals surface area contributed by atoms with Gasteiger partial charge in [0, 0.05) is 12.2 Å². The minimum absolute atomic E-state index is 0.692. The van der Waals surface area contributed by atoms with Crippen molar-refractivity contribution >= 4 is 0 Å². The molecule has 1 N–H and O–H groups in total. The second-order valence-corrected chi connectivity index (χ2v) is 4.43. The van der Waals surface area contributed by atoms with Gasteiger partial charge in [0.15, 0.2) is 0 Å². The van der Waals surface area contributed by atoms with E-state index >= 15 is 0 Å². The van der Waals surface area contributed by atoms with Crippen LogP contribution in [0, 0.1) is 5.92 Å². The van der Waals surface area contributed by atoms with Gasteiger partial charge in [0.1, 0.15) is 0 Å². The summed E-state index contributed by atoms with van der Waals surface area (Å²) in [7, 11) is 0. The molecular weight excluding hydrogens is 172 g/mol. The zero-order chi connectivity index (χ0) is 9.97. The van der Waals surface area contributed by atoms with Gasteiger partial charge in [0.25, 0.3) is 0 Å². The smallest absolute Gasteiger partial charge is 0.0577 e. The van der Waals surface area contributed by atoms with Gasteiger partial charge in [-0.3, -0.25) is 4.98 Å². The summed E-state index contributed by atoms with van der Waals surface area (Å²) < 4.78 is 0. The van der Waals surface area contributed by atoms with E-state index in [9.17, 15) is 0 Å². The highest BCUT2D eigenvalue weighted by molar-refractivity contribution is 5.25. The zero-order valence-corrected chi connectivity index (χ0v) is 9.01. The van der Waals surface area contributed by atoms with Crippen LogP contribution in [0.1, 0.15) is 30.8 Å². The maximum Gasteiger partial charge on any atom is 0.0577 e.